The third-order valence-electron chi connectivity index (χ3n) is 4.51. The van der Waals surface area contributed by atoms with Crippen LogP contribution in [0.1, 0.15) is 5.69 Å². The molecule has 3 aromatic rings. The minimum atomic E-state index is -0.268. The smallest absolute Gasteiger partial charge is 0.319 e. The number of ether oxygens (including phenoxy) is 2. The predicted octanol–water partition coefficient (Wildman–Crippen LogP) is 3.45. The molecule has 1 aromatic heterocycles. The summed E-state index contributed by atoms with van der Waals surface area (Å²) in [6.07, 6.45) is 1.84. The molecule has 0 unspecified atom stereocenters. The van der Waals surface area contributed by atoms with Crippen LogP contribution in [0.2, 0.25) is 0 Å². The van der Waals surface area contributed by atoms with Crippen molar-refractivity contribution in [2.75, 3.05) is 25.1 Å². The molecule has 7 nitrogen and oxygen atoms in total. The second kappa shape index (κ2) is 8.04. The van der Waals surface area contributed by atoms with Crippen LogP contribution in [0.4, 0.5) is 10.5 Å². The molecule has 4 rings (SSSR count). The standard InChI is InChI=1S/C21H22N4O3/c1-15-14-23-20(16-5-3-2-4-6-16)25(15)10-9-22-21(26)24-17-7-8-18-19(13-17)28-12-11-27-18/h2-8,13-14H,9-12H2,1H3,(H2,22,24,26). The molecular formula is C21H22N4O3. The Morgan fingerprint density at radius 2 is 1.89 bits per heavy atom. The van der Waals surface area contributed by atoms with Gasteiger partial charge in [-0.25, -0.2) is 9.78 Å². The van der Waals surface area contributed by atoms with Gasteiger partial charge in [-0.2, -0.15) is 0 Å². The normalized spacial score (nSPS) is 12.5. The maximum absolute atomic E-state index is 12.2. The van der Waals surface area contributed by atoms with Gasteiger partial charge in [-0.05, 0) is 19.1 Å². The Labute approximate surface area is 163 Å². The summed E-state index contributed by atoms with van der Waals surface area (Å²) in [6, 6.07) is 15.1. The Kier molecular flexibility index (Phi) is 5.14. The van der Waals surface area contributed by atoms with Gasteiger partial charge in [-0.15, -0.1) is 0 Å². The molecular weight excluding hydrogens is 356 g/mol. The van der Waals surface area contributed by atoms with E-state index in [9.17, 15) is 4.79 Å². The SMILES string of the molecule is Cc1cnc(-c2ccccc2)n1CCNC(=O)Nc1ccc2c(c1)OCCO2. The molecule has 28 heavy (non-hydrogen) atoms. The van der Waals surface area contributed by atoms with Crippen LogP contribution < -0.4 is 20.1 Å². The average Bonchev–Trinajstić information content (AvgIpc) is 3.09. The number of nitrogens with one attached hydrogen (secondary N) is 2. The maximum Gasteiger partial charge on any atom is 0.319 e. The average molecular weight is 378 g/mol. The highest BCUT2D eigenvalue weighted by atomic mass is 16.6. The van der Waals surface area contributed by atoms with Crippen molar-refractivity contribution in [1.82, 2.24) is 14.9 Å². The van der Waals surface area contributed by atoms with Crippen molar-refractivity contribution in [3.8, 4) is 22.9 Å². The number of aryl methyl sites for hydroxylation is 1. The van der Waals surface area contributed by atoms with Gasteiger partial charge in [0.25, 0.3) is 0 Å². The molecule has 1 aliphatic heterocycles. The van der Waals surface area contributed by atoms with Gasteiger partial charge < -0.3 is 24.7 Å². The van der Waals surface area contributed by atoms with Crippen LogP contribution in [0.25, 0.3) is 11.4 Å². The number of hydrogen-bond donors (Lipinski definition) is 2. The number of urea groups is 1. The third-order valence-corrected chi connectivity index (χ3v) is 4.51. The van der Waals surface area contributed by atoms with Crippen molar-refractivity contribution >= 4 is 11.7 Å². The highest BCUT2D eigenvalue weighted by molar-refractivity contribution is 5.89. The topological polar surface area (TPSA) is 77.4 Å². The van der Waals surface area contributed by atoms with E-state index in [0.29, 0.717) is 43.5 Å². The number of carbonyl (C=O) groups excluding carboxylic acids is 1. The first-order chi connectivity index (χ1) is 13.7. The largest absolute Gasteiger partial charge is 0.486 e. The zero-order valence-corrected chi connectivity index (χ0v) is 15.6. The molecule has 0 bridgehead atoms. The Morgan fingerprint density at radius 3 is 2.71 bits per heavy atom. The first-order valence-corrected chi connectivity index (χ1v) is 9.23. The molecule has 144 valence electrons. The summed E-state index contributed by atoms with van der Waals surface area (Å²) in [5.41, 5.74) is 2.76. The predicted molar refractivity (Wildman–Crippen MR) is 107 cm³/mol. The van der Waals surface area contributed by atoms with Gasteiger partial charge in [0.05, 0.1) is 0 Å². The fourth-order valence-corrected chi connectivity index (χ4v) is 3.14. The van der Waals surface area contributed by atoms with Crippen LogP contribution in [0, 0.1) is 6.92 Å². The van der Waals surface area contributed by atoms with E-state index in [2.05, 4.69) is 20.2 Å². The monoisotopic (exact) mass is 378 g/mol. The van der Waals surface area contributed by atoms with Crippen LogP contribution in [-0.2, 0) is 6.54 Å². The van der Waals surface area contributed by atoms with Gasteiger partial charge >= 0.3 is 6.03 Å². The Balaban J connectivity index is 1.34. The van der Waals surface area contributed by atoms with Gasteiger partial charge in [-0.1, -0.05) is 30.3 Å². The van der Waals surface area contributed by atoms with Crippen molar-refractivity contribution in [2.24, 2.45) is 0 Å². The number of anilines is 1. The van der Waals surface area contributed by atoms with E-state index in [1.807, 2.05) is 43.5 Å². The van der Waals surface area contributed by atoms with E-state index in [1.165, 1.54) is 0 Å². The van der Waals surface area contributed by atoms with E-state index in [-0.39, 0.29) is 6.03 Å². The number of hydrogen-bond acceptors (Lipinski definition) is 4. The molecule has 7 heteroatoms. The Bertz CT molecular complexity index is 969. The molecule has 0 saturated heterocycles. The summed E-state index contributed by atoms with van der Waals surface area (Å²) in [4.78, 5) is 16.7. The fourth-order valence-electron chi connectivity index (χ4n) is 3.14. The lowest BCUT2D eigenvalue weighted by molar-refractivity contribution is 0.171. The number of fused-ring (bicyclic) bond motifs is 1. The van der Waals surface area contributed by atoms with Crippen molar-refractivity contribution < 1.29 is 14.3 Å². The second-order valence-electron chi connectivity index (χ2n) is 6.48. The molecule has 0 fully saturated rings. The summed E-state index contributed by atoms with van der Waals surface area (Å²) >= 11 is 0. The number of carbonyl (C=O) groups is 1. The molecule has 0 radical (unpaired) electrons. The van der Waals surface area contributed by atoms with Gasteiger partial charge in [-0.3, -0.25) is 0 Å². The quantitative estimate of drug-likeness (QED) is 0.713. The Morgan fingerprint density at radius 1 is 1.11 bits per heavy atom. The molecule has 0 atom stereocenters. The molecule has 0 spiro atoms. The van der Waals surface area contributed by atoms with Crippen molar-refractivity contribution in [2.45, 2.75) is 13.5 Å². The zero-order valence-electron chi connectivity index (χ0n) is 15.6. The van der Waals surface area contributed by atoms with Gasteiger partial charge in [0, 0.05) is 42.3 Å². The van der Waals surface area contributed by atoms with E-state index in [0.717, 1.165) is 17.1 Å². The summed E-state index contributed by atoms with van der Waals surface area (Å²) in [6.45, 7) is 4.17. The van der Waals surface area contributed by atoms with Crippen LogP contribution in [0.15, 0.2) is 54.7 Å². The van der Waals surface area contributed by atoms with E-state index in [1.54, 1.807) is 18.2 Å². The van der Waals surface area contributed by atoms with Crippen molar-refractivity contribution in [3.05, 3.63) is 60.4 Å². The lowest BCUT2D eigenvalue weighted by atomic mass is 10.2. The first-order valence-electron chi connectivity index (χ1n) is 9.23. The molecule has 2 N–H and O–H groups in total. The number of benzene rings is 2. The van der Waals surface area contributed by atoms with E-state index >= 15 is 0 Å². The lowest BCUT2D eigenvalue weighted by Gasteiger charge is -2.19. The van der Waals surface area contributed by atoms with E-state index < -0.39 is 0 Å². The van der Waals surface area contributed by atoms with Crippen LogP contribution in [0.3, 0.4) is 0 Å². The Hall–Kier alpha value is -3.48. The number of imidazole rings is 1. The maximum atomic E-state index is 12.2. The third kappa shape index (κ3) is 3.93. The minimum Gasteiger partial charge on any atom is -0.486 e. The number of amides is 2. The number of nitrogens with zero attached hydrogens (tertiary/aromatic N) is 2. The van der Waals surface area contributed by atoms with Crippen molar-refractivity contribution in [3.63, 3.8) is 0 Å². The zero-order chi connectivity index (χ0) is 19.3. The first kappa shape index (κ1) is 17.9. The minimum absolute atomic E-state index is 0.268. The van der Waals surface area contributed by atoms with E-state index in [4.69, 9.17) is 9.47 Å². The number of rotatable bonds is 5. The summed E-state index contributed by atoms with van der Waals surface area (Å²) in [5, 5.41) is 5.71. The highest BCUT2D eigenvalue weighted by Crippen LogP contribution is 2.32. The molecule has 1 aliphatic rings. The van der Waals surface area contributed by atoms with Gasteiger partial charge in [0.1, 0.15) is 19.0 Å². The second-order valence-corrected chi connectivity index (χ2v) is 6.48. The summed E-state index contributed by atoms with van der Waals surface area (Å²) < 4.78 is 13.1. The molecule has 0 aliphatic carbocycles. The highest BCUT2D eigenvalue weighted by Gasteiger charge is 2.13. The lowest BCUT2D eigenvalue weighted by Crippen LogP contribution is -2.31. The molecule has 0 saturated carbocycles. The molecule has 2 aromatic carbocycles. The molecule has 2 amide bonds. The van der Waals surface area contributed by atoms with Crippen LogP contribution in [-0.4, -0.2) is 35.3 Å². The van der Waals surface area contributed by atoms with Crippen LogP contribution >= 0.6 is 0 Å². The van der Waals surface area contributed by atoms with Crippen LogP contribution in [0.5, 0.6) is 11.5 Å². The summed E-state index contributed by atoms with van der Waals surface area (Å²) in [7, 11) is 0. The van der Waals surface area contributed by atoms with Crippen molar-refractivity contribution in [1.29, 1.82) is 0 Å². The summed E-state index contributed by atoms with van der Waals surface area (Å²) in [5.74, 6) is 2.24. The molecule has 2 heterocycles. The van der Waals surface area contributed by atoms with Gasteiger partial charge in [0.2, 0.25) is 0 Å². The van der Waals surface area contributed by atoms with Gasteiger partial charge in [0.15, 0.2) is 11.5 Å². The number of aromatic nitrogens is 2. The fraction of sp³-hybridized carbons (Fsp3) is 0.238.